The second kappa shape index (κ2) is 7.50. The van der Waals surface area contributed by atoms with Gasteiger partial charge in [0.15, 0.2) is 12.4 Å². The predicted octanol–water partition coefficient (Wildman–Crippen LogP) is 0.583. The highest BCUT2D eigenvalue weighted by Gasteiger charge is 2.44. The summed E-state index contributed by atoms with van der Waals surface area (Å²) in [7, 11) is 0. The van der Waals surface area contributed by atoms with Crippen LogP contribution >= 0.6 is 0 Å². The Labute approximate surface area is 147 Å². The summed E-state index contributed by atoms with van der Waals surface area (Å²) in [5.74, 6) is -0.872. The Bertz CT molecular complexity index is 690. The molecule has 1 unspecified atom stereocenters. The lowest BCUT2D eigenvalue weighted by Gasteiger charge is -2.36. The van der Waals surface area contributed by atoms with Crippen molar-refractivity contribution in [3.05, 3.63) is 23.8 Å². The van der Waals surface area contributed by atoms with Gasteiger partial charge in [0.05, 0.1) is 11.3 Å². The van der Waals surface area contributed by atoms with E-state index in [0.717, 1.165) is 0 Å². The lowest BCUT2D eigenvalue weighted by Crippen LogP contribution is -2.57. The fraction of sp³-hybridized carbons (Fsp3) is 0.500. The number of fused-ring (bicyclic) bond motifs is 1. The van der Waals surface area contributed by atoms with Crippen LogP contribution < -0.4 is 20.7 Å². The predicted molar refractivity (Wildman–Crippen MR) is 87.2 cm³/mol. The lowest BCUT2D eigenvalue weighted by molar-refractivity contribution is -0.183. The van der Waals surface area contributed by atoms with E-state index < -0.39 is 24.7 Å². The SMILES string of the molecule is O=C1COc2c(cccc2C(=O)NCC(N2CCNCC2)C(F)(F)F)N1. The molecule has 0 spiro atoms. The summed E-state index contributed by atoms with van der Waals surface area (Å²) in [6.45, 7) is 0.661. The third-order valence-corrected chi connectivity index (χ3v) is 4.31. The molecule has 0 radical (unpaired) electrons. The minimum Gasteiger partial charge on any atom is -0.481 e. The van der Waals surface area contributed by atoms with E-state index >= 15 is 0 Å². The van der Waals surface area contributed by atoms with Crippen molar-refractivity contribution in [2.24, 2.45) is 0 Å². The quantitative estimate of drug-likeness (QED) is 0.721. The summed E-state index contributed by atoms with van der Waals surface area (Å²) in [6, 6.07) is 2.77. The van der Waals surface area contributed by atoms with Crippen LogP contribution in [-0.4, -0.2) is 68.3 Å². The van der Waals surface area contributed by atoms with Crippen molar-refractivity contribution in [2.75, 3.05) is 44.6 Å². The number of hydrogen-bond donors (Lipinski definition) is 3. The Hall–Kier alpha value is -2.33. The monoisotopic (exact) mass is 372 g/mol. The molecule has 0 aromatic heterocycles. The molecule has 1 saturated heterocycles. The molecule has 3 rings (SSSR count). The molecule has 10 heteroatoms. The van der Waals surface area contributed by atoms with Crippen LogP contribution in [0.4, 0.5) is 18.9 Å². The van der Waals surface area contributed by atoms with Gasteiger partial charge in [-0.15, -0.1) is 0 Å². The maximum absolute atomic E-state index is 13.4. The summed E-state index contributed by atoms with van der Waals surface area (Å²) < 4.78 is 45.4. The van der Waals surface area contributed by atoms with Gasteiger partial charge in [0, 0.05) is 32.7 Å². The highest BCUT2D eigenvalue weighted by atomic mass is 19.4. The fourth-order valence-electron chi connectivity index (χ4n) is 3.02. The van der Waals surface area contributed by atoms with E-state index in [9.17, 15) is 22.8 Å². The number of halogens is 3. The van der Waals surface area contributed by atoms with Gasteiger partial charge in [-0.25, -0.2) is 0 Å². The van der Waals surface area contributed by atoms with Crippen LogP contribution in [0.15, 0.2) is 18.2 Å². The third kappa shape index (κ3) is 4.07. The molecule has 0 aliphatic carbocycles. The molecule has 3 N–H and O–H groups in total. The van der Waals surface area contributed by atoms with Crippen LogP contribution in [0.3, 0.4) is 0 Å². The Morgan fingerprint density at radius 3 is 2.73 bits per heavy atom. The molecular weight excluding hydrogens is 353 g/mol. The maximum atomic E-state index is 13.4. The molecular formula is C16H19F3N4O3. The number of anilines is 1. The molecule has 7 nitrogen and oxygen atoms in total. The van der Waals surface area contributed by atoms with Gasteiger partial charge < -0.3 is 20.7 Å². The van der Waals surface area contributed by atoms with Crippen molar-refractivity contribution in [3.63, 3.8) is 0 Å². The number of carbonyl (C=O) groups is 2. The van der Waals surface area contributed by atoms with Crippen LogP contribution in [0, 0.1) is 0 Å². The van der Waals surface area contributed by atoms with Crippen LogP contribution in [-0.2, 0) is 4.79 Å². The highest BCUT2D eigenvalue weighted by molar-refractivity contribution is 6.03. The van der Waals surface area contributed by atoms with Crippen molar-refractivity contribution in [2.45, 2.75) is 12.2 Å². The molecule has 1 atom stereocenters. The molecule has 2 amide bonds. The van der Waals surface area contributed by atoms with Gasteiger partial charge in [-0.05, 0) is 12.1 Å². The number of rotatable bonds is 4. The van der Waals surface area contributed by atoms with E-state index in [1.165, 1.54) is 17.0 Å². The fourth-order valence-corrected chi connectivity index (χ4v) is 3.02. The number of piperazine rings is 1. The van der Waals surface area contributed by atoms with Gasteiger partial charge in [0.25, 0.3) is 11.8 Å². The third-order valence-electron chi connectivity index (χ3n) is 4.31. The van der Waals surface area contributed by atoms with E-state index in [1.807, 2.05) is 0 Å². The number of amides is 2. The number of ether oxygens (including phenoxy) is 1. The molecule has 2 aliphatic heterocycles. The molecule has 1 aromatic rings. The van der Waals surface area contributed by atoms with Crippen LogP contribution in [0.1, 0.15) is 10.4 Å². The first kappa shape index (κ1) is 18.5. The standard InChI is InChI=1S/C16H19F3N4O3/c17-16(18,19)12(23-6-4-20-5-7-23)8-21-15(25)10-2-1-3-11-14(10)26-9-13(24)22-11/h1-3,12,20H,4-9H2,(H,21,25)(H,22,24). The van der Waals surface area contributed by atoms with Crippen molar-refractivity contribution in [1.82, 2.24) is 15.5 Å². The molecule has 26 heavy (non-hydrogen) atoms. The van der Waals surface area contributed by atoms with Gasteiger partial charge in [-0.1, -0.05) is 6.07 Å². The maximum Gasteiger partial charge on any atom is 0.405 e. The molecule has 1 fully saturated rings. The summed E-state index contributed by atoms with van der Waals surface area (Å²) >= 11 is 0. The number of carbonyl (C=O) groups excluding carboxylic acids is 2. The zero-order valence-corrected chi connectivity index (χ0v) is 13.9. The van der Waals surface area contributed by atoms with E-state index in [1.54, 1.807) is 6.07 Å². The molecule has 0 saturated carbocycles. The van der Waals surface area contributed by atoms with Crippen molar-refractivity contribution < 1.29 is 27.5 Å². The first-order valence-electron chi connectivity index (χ1n) is 8.21. The van der Waals surface area contributed by atoms with Crippen LogP contribution in [0.5, 0.6) is 5.75 Å². The molecule has 0 bridgehead atoms. The summed E-state index contributed by atoms with van der Waals surface area (Å²) in [4.78, 5) is 25.1. The topological polar surface area (TPSA) is 82.7 Å². The Morgan fingerprint density at radius 2 is 2.04 bits per heavy atom. The number of para-hydroxylation sites is 1. The van der Waals surface area contributed by atoms with Crippen LogP contribution in [0.2, 0.25) is 0 Å². The molecule has 142 valence electrons. The van der Waals surface area contributed by atoms with Gasteiger partial charge in [-0.3, -0.25) is 14.5 Å². The van der Waals surface area contributed by atoms with E-state index in [2.05, 4.69) is 16.0 Å². The smallest absolute Gasteiger partial charge is 0.405 e. The summed E-state index contributed by atoms with van der Waals surface area (Å²) in [5.41, 5.74) is 0.409. The van der Waals surface area contributed by atoms with E-state index in [0.29, 0.717) is 18.8 Å². The minimum atomic E-state index is -4.45. The van der Waals surface area contributed by atoms with E-state index in [4.69, 9.17) is 4.74 Å². The summed E-state index contributed by atoms with van der Waals surface area (Å²) in [5, 5.41) is 7.91. The Morgan fingerprint density at radius 1 is 1.31 bits per heavy atom. The van der Waals surface area contributed by atoms with E-state index in [-0.39, 0.29) is 36.9 Å². The average molecular weight is 372 g/mol. The molecule has 2 heterocycles. The second-order valence-electron chi connectivity index (χ2n) is 6.07. The molecule has 1 aromatic carbocycles. The largest absolute Gasteiger partial charge is 0.481 e. The average Bonchev–Trinajstić information content (AvgIpc) is 2.60. The minimum absolute atomic E-state index is 0.0868. The second-order valence-corrected chi connectivity index (χ2v) is 6.07. The van der Waals surface area contributed by atoms with Gasteiger partial charge in [-0.2, -0.15) is 13.2 Å². The van der Waals surface area contributed by atoms with Crippen molar-refractivity contribution in [1.29, 1.82) is 0 Å². The van der Waals surface area contributed by atoms with Gasteiger partial charge >= 0.3 is 6.18 Å². The number of nitrogens with one attached hydrogen (secondary N) is 3. The van der Waals surface area contributed by atoms with Crippen molar-refractivity contribution >= 4 is 17.5 Å². The lowest BCUT2D eigenvalue weighted by atomic mass is 10.1. The van der Waals surface area contributed by atoms with Gasteiger partial charge in [0.2, 0.25) is 0 Å². The Balaban J connectivity index is 1.71. The number of benzene rings is 1. The van der Waals surface area contributed by atoms with Crippen LogP contribution in [0.25, 0.3) is 0 Å². The Kier molecular flexibility index (Phi) is 5.33. The summed E-state index contributed by atoms with van der Waals surface area (Å²) in [6.07, 6.45) is -4.45. The first-order valence-corrected chi connectivity index (χ1v) is 8.21. The normalized spacial score (nSPS) is 19.1. The molecule has 2 aliphatic rings. The zero-order chi connectivity index (χ0) is 18.7. The number of alkyl halides is 3. The number of nitrogens with zero attached hydrogens (tertiary/aromatic N) is 1. The van der Waals surface area contributed by atoms with Gasteiger partial charge in [0.1, 0.15) is 6.04 Å². The number of hydrogen-bond acceptors (Lipinski definition) is 5. The first-order chi connectivity index (χ1) is 12.4. The zero-order valence-electron chi connectivity index (χ0n) is 13.9. The van der Waals surface area contributed by atoms with Crippen molar-refractivity contribution in [3.8, 4) is 5.75 Å². The highest BCUT2D eigenvalue weighted by Crippen LogP contribution is 2.31.